The van der Waals surface area contributed by atoms with Gasteiger partial charge in [0.1, 0.15) is 4.90 Å². The molecule has 2 aromatic carbocycles. The third-order valence-corrected chi connectivity index (χ3v) is 8.17. The van der Waals surface area contributed by atoms with Crippen LogP contribution >= 0.6 is 11.6 Å². The van der Waals surface area contributed by atoms with Crippen molar-refractivity contribution in [2.24, 2.45) is 0 Å². The van der Waals surface area contributed by atoms with Gasteiger partial charge in [0.15, 0.2) is 0 Å². The number of nitrogens with one attached hydrogen (secondary N) is 2. The second kappa shape index (κ2) is 9.83. The first-order valence-corrected chi connectivity index (χ1v) is 13.7. The Kier molecular flexibility index (Phi) is 6.62. The molecule has 0 bridgehead atoms. The van der Waals surface area contributed by atoms with Crippen molar-refractivity contribution >= 4 is 44.2 Å². The number of hydrogen-bond acceptors (Lipinski definition) is 6. The molecular formula is C25H27ClN6O2S. The first-order valence-electron chi connectivity index (χ1n) is 11.8. The molecule has 182 valence electrons. The van der Waals surface area contributed by atoms with Crippen molar-refractivity contribution in [3.63, 3.8) is 0 Å². The van der Waals surface area contributed by atoms with Crippen molar-refractivity contribution in [2.45, 2.75) is 56.4 Å². The average Bonchev–Trinajstić information content (AvgIpc) is 3.32. The van der Waals surface area contributed by atoms with Crippen molar-refractivity contribution < 1.29 is 8.42 Å². The summed E-state index contributed by atoms with van der Waals surface area (Å²) in [5.74, 6) is 0.669. The zero-order valence-corrected chi connectivity index (χ0v) is 21.0. The van der Waals surface area contributed by atoms with Gasteiger partial charge in [-0.05, 0) is 49.1 Å². The average molecular weight is 511 g/mol. The summed E-state index contributed by atoms with van der Waals surface area (Å²) in [6.45, 7) is 2.08. The summed E-state index contributed by atoms with van der Waals surface area (Å²) in [4.78, 5) is 9.38. The third-order valence-electron chi connectivity index (χ3n) is 6.29. The minimum absolute atomic E-state index is 0.0168. The summed E-state index contributed by atoms with van der Waals surface area (Å²) in [5, 5.41) is 8.93. The fourth-order valence-electron chi connectivity index (χ4n) is 4.49. The van der Waals surface area contributed by atoms with Gasteiger partial charge in [-0.3, -0.25) is 4.72 Å². The van der Waals surface area contributed by atoms with Crippen molar-refractivity contribution in [2.75, 3.05) is 10.0 Å². The minimum atomic E-state index is -3.84. The summed E-state index contributed by atoms with van der Waals surface area (Å²) in [6, 6.07) is 10.7. The second-order valence-electron chi connectivity index (χ2n) is 8.78. The Balaban J connectivity index is 1.41. The summed E-state index contributed by atoms with van der Waals surface area (Å²) < 4.78 is 29.7. The Labute approximate surface area is 209 Å². The van der Waals surface area contributed by atoms with Gasteiger partial charge in [0.25, 0.3) is 10.0 Å². The second-order valence-corrected chi connectivity index (χ2v) is 10.8. The fourth-order valence-corrected chi connectivity index (χ4v) is 6.04. The summed E-state index contributed by atoms with van der Waals surface area (Å²) >= 11 is 6.07. The fraction of sp³-hybridized carbons (Fsp3) is 0.320. The van der Waals surface area contributed by atoms with E-state index in [-0.39, 0.29) is 9.92 Å². The maximum Gasteiger partial charge on any atom is 0.263 e. The Morgan fingerprint density at radius 1 is 1.11 bits per heavy atom. The quantitative estimate of drug-likeness (QED) is 0.336. The molecule has 0 amide bonds. The Hall–Kier alpha value is -3.17. The Morgan fingerprint density at radius 2 is 1.91 bits per heavy atom. The maximum absolute atomic E-state index is 12.8. The minimum Gasteiger partial charge on any atom is -0.351 e. The number of fused-ring (bicyclic) bond motifs is 1. The molecule has 0 atom stereocenters. The van der Waals surface area contributed by atoms with Crippen LogP contribution in [0.2, 0.25) is 5.02 Å². The lowest BCUT2D eigenvalue weighted by atomic mass is 9.96. The lowest BCUT2D eigenvalue weighted by Gasteiger charge is -2.22. The molecule has 0 saturated heterocycles. The molecule has 1 aliphatic carbocycles. The van der Waals surface area contributed by atoms with Gasteiger partial charge in [-0.15, -0.1) is 0 Å². The van der Waals surface area contributed by atoms with Crippen molar-refractivity contribution in [3.8, 4) is 5.69 Å². The van der Waals surface area contributed by atoms with E-state index in [1.54, 1.807) is 29.1 Å². The molecule has 2 aromatic heterocycles. The van der Waals surface area contributed by atoms with Crippen molar-refractivity contribution in [3.05, 3.63) is 65.6 Å². The van der Waals surface area contributed by atoms with Crippen LogP contribution in [0.25, 0.3) is 16.6 Å². The standard InChI is InChI=1S/C25H27ClN6O2S/c1-2-17-12-21(13-18-14-27-25(30-24(17)18)29-19-8-4-3-5-9-19)32-16-20(15-28-32)31-35(33,34)23-11-7-6-10-22(23)26/h6-7,10-16,19,31H,2-5,8-9H2,1H3,(H,27,29,30). The first-order chi connectivity index (χ1) is 16.9. The van der Waals surface area contributed by atoms with Gasteiger partial charge < -0.3 is 5.32 Å². The van der Waals surface area contributed by atoms with Crippen LogP contribution in [0, 0.1) is 0 Å². The SMILES string of the molecule is CCc1cc(-n2cc(NS(=O)(=O)c3ccccc3Cl)cn2)cc2cnc(NC3CCCCC3)nc12. The molecule has 1 aliphatic rings. The normalized spacial score (nSPS) is 14.8. The highest BCUT2D eigenvalue weighted by molar-refractivity contribution is 7.92. The summed E-state index contributed by atoms with van der Waals surface area (Å²) in [7, 11) is -3.84. The van der Waals surface area contributed by atoms with E-state index in [2.05, 4.69) is 27.0 Å². The van der Waals surface area contributed by atoms with E-state index in [4.69, 9.17) is 16.6 Å². The predicted molar refractivity (Wildman–Crippen MR) is 139 cm³/mol. The molecule has 0 radical (unpaired) electrons. The topological polar surface area (TPSA) is 102 Å². The summed E-state index contributed by atoms with van der Waals surface area (Å²) in [6.07, 6.45) is 11.8. The molecule has 2 heterocycles. The lowest BCUT2D eigenvalue weighted by molar-refractivity contribution is 0.461. The largest absolute Gasteiger partial charge is 0.351 e. The van der Waals surface area contributed by atoms with Gasteiger partial charge in [0, 0.05) is 17.6 Å². The highest BCUT2D eigenvalue weighted by Gasteiger charge is 2.19. The monoisotopic (exact) mass is 510 g/mol. The van der Waals surface area contributed by atoms with E-state index < -0.39 is 10.0 Å². The van der Waals surface area contributed by atoms with Crippen LogP contribution in [0.4, 0.5) is 11.6 Å². The van der Waals surface area contributed by atoms with Gasteiger partial charge in [-0.1, -0.05) is 49.9 Å². The van der Waals surface area contributed by atoms with Crippen LogP contribution in [0.5, 0.6) is 0 Å². The van der Waals surface area contributed by atoms with Gasteiger partial charge in [0.2, 0.25) is 5.95 Å². The molecule has 1 fully saturated rings. The van der Waals surface area contributed by atoms with Crippen LogP contribution in [-0.4, -0.2) is 34.2 Å². The van der Waals surface area contributed by atoms with E-state index in [9.17, 15) is 8.42 Å². The summed E-state index contributed by atoms with van der Waals surface area (Å²) in [5.41, 5.74) is 3.12. The van der Waals surface area contributed by atoms with Crippen molar-refractivity contribution in [1.82, 2.24) is 19.7 Å². The van der Waals surface area contributed by atoms with E-state index >= 15 is 0 Å². The molecule has 0 unspecified atom stereocenters. The van der Waals surface area contributed by atoms with Gasteiger partial charge in [-0.25, -0.2) is 23.1 Å². The van der Waals surface area contributed by atoms with Crippen LogP contribution in [0.3, 0.4) is 0 Å². The van der Waals surface area contributed by atoms with Gasteiger partial charge in [0.05, 0.1) is 34.3 Å². The molecule has 4 aromatic rings. The molecule has 10 heteroatoms. The first kappa shape index (κ1) is 23.6. The van der Waals surface area contributed by atoms with Crippen molar-refractivity contribution in [1.29, 1.82) is 0 Å². The highest BCUT2D eigenvalue weighted by Crippen LogP contribution is 2.27. The molecule has 0 aliphatic heterocycles. The molecule has 8 nitrogen and oxygen atoms in total. The van der Waals surface area contributed by atoms with E-state index in [1.807, 2.05) is 18.3 Å². The molecule has 5 rings (SSSR count). The smallest absolute Gasteiger partial charge is 0.263 e. The lowest BCUT2D eigenvalue weighted by Crippen LogP contribution is -2.23. The zero-order valence-electron chi connectivity index (χ0n) is 19.4. The van der Waals surface area contributed by atoms with E-state index in [0.29, 0.717) is 17.7 Å². The number of hydrogen-bond donors (Lipinski definition) is 2. The number of aryl methyl sites for hydroxylation is 1. The molecule has 35 heavy (non-hydrogen) atoms. The van der Waals surface area contributed by atoms with Crippen LogP contribution < -0.4 is 10.0 Å². The number of sulfonamides is 1. The number of rotatable bonds is 7. The number of aromatic nitrogens is 4. The molecule has 1 saturated carbocycles. The number of anilines is 2. The molecular weight excluding hydrogens is 484 g/mol. The molecule has 0 spiro atoms. The third kappa shape index (κ3) is 5.11. The highest BCUT2D eigenvalue weighted by atomic mass is 35.5. The maximum atomic E-state index is 12.8. The van der Waals surface area contributed by atoms with Crippen LogP contribution in [0.1, 0.15) is 44.6 Å². The Bertz CT molecular complexity index is 1460. The van der Waals surface area contributed by atoms with E-state index in [0.717, 1.165) is 41.4 Å². The Morgan fingerprint density at radius 3 is 2.69 bits per heavy atom. The molecule has 2 N–H and O–H groups in total. The van der Waals surface area contributed by atoms with Gasteiger partial charge in [-0.2, -0.15) is 5.10 Å². The zero-order chi connectivity index (χ0) is 24.4. The van der Waals surface area contributed by atoms with Crippen LogP contribution in [0.15, 0.2) is 59.9 Å². The van der Waals surface area contributed by atoms with Gasteiger partial charge >= 0.3 is 0 Å². The van der Waals surface area contributed by atoms with Crippen LogP contribution in [-0.2, 0) is 16.4 Å². The predicted octanol–water partition coefficient (Wildman–Crippen LogP) is 5.58. The number of benzene rings is 2. The number of halogens is 1. The number of nitrogens with zero attached hydrogens (tertiary/aromatic N) is 4. The van der Waals surface area contributed by atoms with E-state index in [1.165, 1.54) is 31.5 Å².